The predicted molar refractivity (Wildman–Crippen MR) is 116 cm³/mol. The summed E-state index contributed by atoms with van der Waals surface area (Å²) in [5.74, 6) is -0.0672. The monoisotopic (exact) mass is 428 g/mol. The van der Waals surface area contributed by atoms with Crippen LogP contribution in [0.1, 0.15) is 38.7 Å². The minimum atomic E-state index is -0.799. The van der Waals surface area contributed by atoms with Gasteiger partial charge in [0.2, 0.25) is 17.7 Å². The summed E-state index contributed by atoms with van der Waals surface area (Å²) in [7, 11) is 4.81. The van der Waals surface area contributed by atoms with Crippen LogP contribution >= 0.6 is 0 Å². The average molecular weight is 429 g/mol. The molecule has 0 saturated carbocycles. The molecule has 7 nitrogen and oxygen atoms in total. The lowest BCUT2D eigenvalue weighted by molar-refractivity contribution is -0.152. The normalized spacial score (nSPS) is 21.3. The number of fused-ring (bicyclic) bond motifs is 1. The summed E-state index contributed by atoms with van der Waals surface area (Å²) in [5.41, 5.74) is 0.790. The number of carbonyl (C=O) groups is 3. The maximum absolute atomic E-state index is 13.5. The van der Waals surface area contributed by atoms with Crippen molar-refractivity contribution < 1.29 is 23.9 Å². The third-order valence-electron chi connectivity index (χ3n) is 6.10. The summed E-state index contributed by atoms with van der Waals surface area (Å²) in [6.45, 7) is 4.26. The molecule has 3 rings (SSSR count). The second-order valence-corrected chi connectivity index (χ2v) is 8.69. The highest BCUT2D eigenvalue weighted by Crippen LogP contribution is 2.37. The first kappa shape index (κ1) is 22.8. The summed E-state index contributed by atoms with van der Waals surface area (Å²) in [4.78, 5) is 42.5. The van der Waals surface area contributed by atoms with Gasteiger partial charge in [-0.2, -0.15) is 0 Å². The number of carbonyl (C=O) groups excluding carboxylic acids is 3. The van der Waals surface area contributed by atoms with Crippen LogP contribution in [-0.2, 0) is 20.9 Å². The Hall–Kier alpha value is -2.83. The molecule has 2 aliphatic rings. The highest BCUT2D eigenvalue weighted by Gasteiger charge is 2.51. The van der Waals surface area contributed by atoms with Crippen molar-refractivity contribution in [2.75, 3.05) is 21.3 Å². The van der Waals surface area contributed by atoms with E-state index >= 15 is 0 Å². The molecule has 1 aromatic carbocycles. The van der Waals surface area contributed by atoms with Crippen molar-refractivity contribution in [1.82, 2.24) is 9.80 Å². The number of hydrogen-bond acceptors (Lipinski definition) is 5. The number of rotatable bonds is 8. The van der Waals surface area contributed by atoms with Crippen LogP contribution in [0, 0.1) is 17.8 Å². The number of benzene rings is 1. The highest BCUT2D eigenvalue weighted by molar-refractivity contribution is 6.08. The molecular formula is C24H32N2O5. The van der Waals surface area contributed by atoms with E-state index in [1.807, 2.05) is 38.1 Å². The van der Waals surface area contributed by atoms with Gasteiger partial charge in [-0.15, -0.1) is 0 Å². The quantitative estimate of drug-likeness (QED) is 0.470. The number of imide groups is 1. The molecule has 0 spiro atoms. The Labute approximate surface area is 184 Å². The Kier molecular flexibility index (Phi) is 7.03. The van der Waals surface area contributed by atoms with E-state index in [0.29, 0.717) is 30.8 Å². The second-order valence-electron chi connectivity index (χ2n) is 8.69. The van der Waals surface area contributed by atoms with Gasteiger partial charge in [0.15, 0.2) is 11.5 Å². The molecule has 1 aromatic rings. The fourth-order valence-electron chi connectivity index (χ4n) is 4.56. The highest BCUT2D eigenvalue weighted by atomic mass is 16.5. The van der Waals surface area contributed by atoms with Gasteiger partial charge >= 0.3 is 0 Å². The molecule has 168 valence electrons. The summed E-state index contributed by atoms with van der Waals surface area (Å²) in [6, 6.07) is 4.70. The molecular weight excluding hydrogens is 396 g/mol. The van der Waals surface area contributed by atoms with Gasteiger partial charge in [0.1, 0.15) is 6.04 Å². The van der Waals surface area contributed by atoms with Gasteiger partial charge in [0.05, 0.1) is 26.1 Å². The van der Waals surface area contributed by atoms with Crippen LogP contribution in [0.5, 0.6) is 11.5 Å². The van der Waals surface area contributed by atoms with Crippen LogP contribution in [0.15, 0.2) is 30.4 Å². The van der Waals surface area contributed by atoms with E-state index < -0.39 is 6.04 Å². The summed E-state index contributed by atoms with van der Waals surface area (Å²) < 4.78 is 10.8. The number of likely N-dealkylation sites (tertiary alicyclic amines) is 1. The first-order valence-corrected chi connectivity index (χ1v) is 10.8. The van der Waals surface area contributed by atoms with E-state index in [-0.39, 0.29) is 42.0 Å². The number of nitrogens with zero attached hydrogens (tertiary/aromatic N) is 2. The summed E-state index contributed by atoms with van der Waals surface area (Å²) in [5, 5.41) is 0. The van der Waals surface area contributed by atoms with Crippen molar-refractivity contribution >= 4 is 17.7 Å². The molecule has 3 amide bonds. The van der Waals surface area contributed by atoms with E-state index in [0.717, 1.165) is 5.56 Å². The number of methoxy groups -OCH3 is 2. The van der Waals surface area contributed by atoms with Gasteiger partial charge in [-0.3, -0.25) is 19.3 Å². The van der Waals surface area contributed by atoms with Crippen molar-refractivity contribution in [3.05, 3.63) is 35.9 Å². The summed E-state index contributed by atoms with van der Waals surface area (Å²) in [6.07, 6.45) is 5.46. The molecule has 3 atom stereocenters. The van der Waals surface area contributed by atoms with Crippen molar-refractivity contribution in [3.8, 4) is 11.5 Å². The van der Waals surface area contributed by atoms with Crippen molar-refractivity contribution in [2.24, 2.45) is 17.8 Å². The largest absolute Gasteiger partial charge is 0.493 e. The lowest BCUT2D eigenvalue weighted by Gasteiger charge is -2.31. The second kappa shape index (κ2) is 9.54. The minimum absolute atomic E-state index is 0.148. The van der Waals surface area contributed by atoms with Gasteiger partial charge in [-0.05, 0) is 31.2 Å². The van der Waals surface area contributed by atoms with Crippen LogP contribution < -0.4 is 9.47 Å². The van der Waals surface area contributed by atoms with Crippen molar-refractivity contribution in [1.29, 1.82) is 0 Å². The zero-order chi connectivity index (χ0) is 22.7. The molecule has 1 heterocycles. The Balaban J connectivity index is 1.85. The number of para-hydroxylation sites is 1. The van der Waals surface area contributed by atoms with E-state index in [9.17, 15) is 14.4 Å². The molecule has 0 radical (unpaired) electrons. The Morgan fingerprint density at radius 3 is 2.23 bits per heavy atom. The lowest BCUT2D eigenvalue weighted by atomic mass is 9.85. The molecule has 1 fully saturated rings. The Bertz CT molecular complexity index is 853. The molecule has 7 heteroatoms. The van der Waals surface area contributed by atoms with Crippen molar-refractivity contribution in [2.45, 2.75) is 45.7 Å². The number of hydrogen-bond donors (Lipinski definition) is 0. The topological polar surface area (TPSA) is 76.2 Å². The van der Waals surface area contributed by atoms with Crippen LogP contribution in [-0.4, -0.2) is 54.8 Å². The average Bonchev–Trinajstić information content (AvgIpc) is 3.01. The zero-order valence-electron chi connectivity index (χ0n) is 19.0. The SMILES string of the molecule is COc1cccc(CN(C)C(=O)C(CC(C)C)N2C(=O)C3CC=CCC3C2=O)c1OC. The smallest absolute Gasteiger partial charge is 0.245 e. The number of amides is 3. The van der Waals surface area contributed by atoms with E-state index in [1.54, 1.807) is 32.2 Å². The zero-order valence-corrected chi connectivity index (χ0v) is 19.0. The third kappa shape index (κ3) is 4.45. The van der Waals surface area contributed by atoms with Gasteiger partial charge in [-0.25, -0.2) is 0 Å². The van der Waals surface area contributed by atoms with E-state index in [2.05, 4.69) is 0 Å². The summed E-state index contributed by atoms with van der Waals surface area (Å²) >= 11 is 0. The van der Waals surface area contributed by atoms with Gasteiger partial charge in [-0.1, -0.05) is 38.1 Å². The van der Waals surface area contributed by atoms with E-state index in [1.165, 1.54) is 4.90 Å². The minimum Gasteiger partial charge on any atom is -0.493 e. The molecule has 31 heavy (non-hydrogen) atoms. The van der Waals surface area contributed by atoms with E-state index in [4.69, 9.17) is 9.47 Å². The fraction of sp³-hybridized carbons (Fsp3) is 0.542. The third-order valence-corrected chi connectivity index (χ3v) is 6.10. The molecule has 0 N–H and O–H groups in total. The van der Waals surface area contributed by atoms with Crippen LogP contribution in [0.25, 0.3) is 0 Å². The van der Waals surface area contributed by atoms with Gasteiger partial charge in [0.25, 0.3) is 0 Å². The maximum Gasteiger partial charge on any atom is 0.245 e. The molecule has 1 saturated heterocycles. The predicted octanol–water partition coefficient (Wildman–Crippen LogP) is 3.03. The fourth-order valence-corrected chi connectivity index (χ4v) is 4.56. The first-order valence-electron chi connectivity index (χ1n) is 10.8. The first-order chi connectivity index (χ1) is 14.8. The molecule has 0 aromatic heterocycles. The van der Waals surface area contributed by atoms with Crippen LogP contribution in [0.2, 0.25) is 0 Å². The molecule has 1 aliphatic heterocycles. The molecule has 3 unspecified atom stereocenters. The number of ether oxygens (including phenoxy) is 2. The maximum atomic E-state index is 13.5. The molecule has 1 aliphatic carbocycles. The standard InChI is InChI=1S/C24H32N2O5/c1-15(2)13-19(26-22(27)17-10-6-7-11-18(17)23(26)28)24(29)25(3)14-16-9-8-12-20(30-4)21(16)31-5/h6-9,12,15,17-19H,10-11,13-14H2,1-5H3. The number of allylic oxidation sites excluding steroid dienone is 2. The Morgan fingerprint density at radius 1 is 1.10 bits per heavy atom. The lowest BCUT2D eigenvalue weighted by Crippen LogP contribution is -2.50. The van der Waals surface area contributed by atoms with Crippen LogP contribution in [0.3, 0.4) is 0 Å². The number of likely N-dealkylation sites (N-methyl/N-ethyl adjacent to an activating group) is 1. The van der Waals surface area contributed by atoms with Gasteiger partial charge in [0, 0.05) is 19.2 Å². The van der Waals surface area contributed by atoms with Crippen molar-refractivity contribution in [3.63, 3.8) is 0 Å². The van der Waals surface area contributed by atoms with Gasteiger partial charge < -0.3 is 14.4 Å². The van der Waals surface area contributed by atoms with Crippen LogP contribution in [0.4, 0.5) is 0 Å². The molecule has 0 bridgehead atoms. The Morgan fingerprint density at radius 2 is 1.71 bits per heavy atom.